The number of rotatable bonds is 5. The first-order chi connectivity index (χ1) is 10.9. The molecule has 0 aliphatic carbocycles. The van der Waals surface area contributed by atoms with E-state index in [4.69, 9.17) is 0 Å². The van der Waals surface area contributed by atoms with Crippen LogP contribution < -0.4 is 5.32 Å². The molecule has 7 heteroatoms. The first kappa shape index (κ1) is 16.4. The molecule has 0 spiro atoms. The van der Waals surface area contributed by atoms with Crippen molar-refractivity contribution in [2.45, 2.75) is 19.9 Å². The molecule has 0 radical (unpaired) electrons. The Morgan fingerprint density at radius 1 is 1.48 bits per heavy atom. The highest BCUT2D eigenvalue weighted by atomic mass is 16.6. The van der Waals surface area contributed by atoms with E-state index in [1.165, 1.54) is 18.2 Å². The van der Waals surface area contributed by atoms with Crippen molar-refractivity contribution in [3.63, 3.8) is 0 Å². The van der Waals surface area contributed by atoms with Crippen molar-refractivity contribution in [3.05, 3.63) is 63.5 Å². The van der Waals surface area contributed by atoms with Crippen molar-refractivity contribution in [3.8, 4) is 0 Å². The second-order valence-electron chi connectivity index (χ2n) is 5.22. The largest absolute Gasteiger partial charge is 0.346 e. The van der Waals surface area contributed by atoms with Gasteiger partial charge in [0.1, 0.15) is 0 Å². The van der Waals surface area contributed by atoms with Crippen LogP contribution in [0.2, 0.25) is 0 Å². The maximum absolute atomic E-state index is 12.0. The fourth-order valence-corrected chi connectivity index (χ4v) is 2.19. The van der Waals surface area contributed by atoms with Gasteiger partial charge in [-0.2, -0.15) is 5.10 Å². The molecule has 1 aromatic heterocycles. The molecule has 0 bridgehead atoms. The molecule has 0 fully saturated rings. The summed E-state index contributed by atoms with van der Waals surface area (Å²) in [6, 6.07) is 5.93. The minimum absolute atomic E-state index is 0.00749. The molecule has 1 N–H and O–H groups in total. The Bertz CT molecular complexity index is 764. The summed E-state index contributed by atoms with van der Waals surface area (Å²) >= 11 is 0. The van der Waals surface area contributed by atoms with Crippen LogP contribution in [-0.2, 0) is 11.8 Å². The average molecular weight is 314 g/mol. The van der Waals surface area contributed by atoms with Crippen LogP contribution in [0.1, 0.15) is 29.8 Å². The van der Waals surface area contributed by atoms with Crippen LogP contribution in [0, 0.1) is 17.0 Å². The summed E-state index contributed by atoms with van der Waals surface area (Å²) in [5.74, 6) is -0.271. The number of hydrogen-bond acceptors (Lipinski definition) is 4. The number of nitro benzene ring substituents is 1. The number of aromatic nitrogens is 2. The van der Waals surface area contributed by atoms with Crippen molar-refractivity contribution in [2.24, 2.45) is 7.05 Å². The topological polar surface area (TPSA) is 90.1 Å². The molecule has 2 aromatic rings. The highest BCUT2D eigenvalue weighted by Crippen LogP contribution is 2.16. The maximum Gasteiger partial charge on any atom is 0.270 e. The van der Waals surface area contributed by atoms with Crippen molar-refractivity contribution >= 4 is 17.7 Å². The summed E-state index contributed by atoms with van der Waals surface area (Å²) in [6.07, 6.45) is 4.64. The van der Waals surface area contributed by atoms with E-state index in [1.807, 2.05) is 20.9 Å². The van der Waals surface area contributed by atoms with Crippen molar-refractivity contribution in [2.75, 3.05) is 0 Å². The molecule has 120 valence electrons. The number of amides is 1. The lowest BCUT2D eigenvalue weighted by molar-refractivity contribution is -0.384. The maximum atomic E-state index is 12.0. The van der Waals surface area contributed by atoms with Gasteiger partial charge >= 0.3 is 0 Å². The summed E-state index contributed by atoms with van der Waals surface area (Å²) < 4.78 is 1.75. The van der Waals surface area contributed by atoms with Gasteiger partial charge in [0.15, 0.2) is 0 Å². The Morgan fingerprint density at radius 3 is 2.83 bits per heavy atom. The Hall–Kier alpha value is -2.96. The van der Waals surface area contributed by atoms with E-state index in [0.717, 1.165) is 11.3 Å². The SMILES string of the molecule is Cc1c(C(C)NC(=O)/C=C/c2cccc([N+](=O)[O-])c2)cnn1C. The van der Waals surface area contributed by atoms with Gasteiger partial charge in [-0.1, -0.05) is 12.1 Å². The Kier molecular flexibility index (Phi) is 4.90. The van der Waals surface area contributed by atoms with Crippen molar-refractivity contribution in [1.29, 1.82) is 0 Å². The summed E-state index contributed by atoms with van der Waals surface area (Å²) in [4.78, 5) is 22.2. The zero-order valence-electron chi connectivity index (χ0n) is 13.2. The monoisotopic (exact) mass is 314 g/mol. The number of carbonyl (C=O) groups is 1. The van der Waals surface area contributed by atoms with Gasteiger partial charge in [-0.15, -0.1) is 0 Å². The lowest BCUT2D eigenvalue weighted by atomic mass is 10.1. The molecule has 0 aliphatic heterocycles. The first-order valence-corrected chi connectivity index (χ1v) is 7.10. The van der Waals surface area contributed by atoms with E-state index < -0.39 is 4.92 Å². The lowest BCUT2D eigenvalue weighted by Crippen LogP contribution is -2.24. The molecule has 1 unspecified atom stereocenters. The van der Waals surface area contributed by atoms with Gasteiger partial charge in [-0.25, -0.2) is 0 Å². The minimum atomic E-state index is -0.468. The number of nitro groups is 1. The average Bonchev–Trinajstić information content (AvgIpc) is 2.85. The lowest BCUT2D eigenvalue weighted by Gasteiger charge is -2.12. The minimum Gasteiger partial charge on any atom is -0.346 e. The first-order valence-electron chi connectivity index (χ1n) is 7.10. The van der Waals surface area contributed by atoms with Crippen LogP contribution >= 0.6 is 0 Å². The molecule has 1 amide bonds. The number of hydrogen-bond donors (Lipinski definition) is 1. The molecule has 1 aromatic carbocycles. The standard InChI is InChI=1S/C16H18N4O3/c1-11(15-10-17-19(3)12(15)2)18-16(21)8-7-13-5-4-6-14(9-13)20(22)23/h4-11H,1-3H3,(H,18,21)/b8-7+. The highest BCUT2D eigenvalue weighted by Gasteiger charge is 2.13. The van der Waals surface area contributed by atoms with E-state index >= 15 is 0 Å². The zero-order chi connectivity index (χ0) is 17.0. The predicted octanol–water partition coefficient (Wildman–Crippen LogP) is 2.53. The van der Waals surface area contributed by atoms with E-state index in [9.17, 15) is 14.9 Å². The summed E-state index contributed by atoms with van der Waals surface area (Å²) in [5.41, 5.74) is 2.52. The highest BCUT2D eigenvalue weighted by molar-refractivity contribution is 5.92. The van der Waals surface area contributed by atoms with Crippen LogP contribution in [0.15, 0.2) is 36.5 Å². The smallest absolute Gasteiger partial charge is 0.270 e. The van der Waals surface area contributed by atoms with Crippen LogP contribution in [-0.4, -0.2) is 20.6 Å². The third kappa shape index (κ3) is 4.03. The number of non-ortho nitro benzene ring substituents is 1. The van der Waals surface area contributed by atoms with Gasteiger partial charge in [0, 0.05) is 36.5 Å². The number of nitrogens with zero attached hydrogens (tertiary/aromatic N) is 3. The van der Waals surface area contributed by atoms with E-state index in [2.05, 4.69) is 10.4 Å². The molecule has 23 heavy (non-hydrogen) atoms. The molecule has 2 rings (SSSR count). The molecule has 1 heterocycles. The van der Waals surface area contributed by atoms with Gasteiger partial charge in [0.2, 0.25) is 5.91 Å². The molecular weight excluding hydrogens is 296 g/mol. The zero-order valence-corrected chi connectivity index (χ0v) is 13.2. The molecule has 0 saturated heterocycles. The summed E-state index contributed by atoms with van der Waals surface area (Å²) in [5, 5.41) is 17.7. The van der Waals surface area contributed by atoms with Crippen LogP contribution in [0.5, 0.6) is 0 Å². The van der Waals surface area contributed by atoms with Gasteiger partial charge < -0.3 is 5.32 Å². The van der Waals surface area contributed by atoms with Crippen molar-refractivity contribution in [1.82, 2.24) is 15.1 Å². The third-order valence-electron chi connectivity index (χ3n) is 3.61. The fraction of sp³-hybridized carbons (Fsp3) is 0.250. The second kappa shape index (κ2) is 6.87. The number of nitrogens with one attached hydrogen (secondary N) is 1. The van der Waals surface area contributed by atoms with E-state index in [-0.39, 0.29) is 17.6 Å². The molecule has 1 atom stereocenters. The summed E-state index contributed by atoms with van der Waals surface area (Å²) in [7, 11) is 1.84. The third-order valence-corrected chi connectivity index (χ3v) is 3.61. The van der Waals surface area contributed by atoms with Gasteiger partial charge in [0.25, 0.3) is 5.69 Å². The van der Waals surface area contributed by atoms with E-state index in [1.54, 1.807) is 29.1 Å². The van der Waals surface area contributed by atoms with Gasteiger partial charge in [0.05, 0.1) is 17.2 Å². The fourth-order valence-electron chi connectivity index (χ4n) is 2.19. The van der Waals surface area contributed by atoms with Crippen LogP contribution in [0.3, 0.4) is 0 Å². The number of carbonyl (C=O) groups excluding carboxylic acids is 1. The van der Waals surface area contributed by atoms with Gasteiger partial charge in [-0.3, -0.25) is 19.6 Å². The Balaban J connectivity index is 2.03. The Labute approximate surface area is 133 Å². The normalized spacial score (nSPS) is 12.3. The van der Waals surface area contributed by atoms with Gasteiger partial charge in [-0.05, 0) is 25.5 Å². The predicted molar refractivity (Wildman–Crippen MR) is 86.6 cm³/mol. The molecular formula is C16H18N4O3. The molecule has 0 saturated carbocycles. The van der Waals surface area contributed by atoms with Crippen molar-refractivity contribution < 1.29 is 9.72 Å². The number of aryl methyl sites for hydroxylation is 1. The Morgan fingerprint density at radius 2 is 2.22 bits per heavy atom. The number of benzene rings is 1. The van der Waals surface area contributed by atoms with Crippen LogP contribution in [0.4, 0.5) is 5.69 Å². The van der Waals surface area contributed by atoms with Crippen LogP contribution in [0.25, 0.3) is 6.08 Å². The summed E-state index contributed by atoms with van der Waals surface area (Å²) in [6.45, 7) is 3.81. The second-order valence-corrected chi connectivity index (χ2v) is 5.22. The van der Waals surface area contributed by atoms with E-state index in [0.29, 0.717) is 5.56 Å². The molecule has 0 aliphatic rings. The molecule has 7 nitrogen and oxygen atoms in total. The quantitative estimate of drug-likeness (QED) is 0.521.